The molecule has 1 fully saturated rings. The molecule has 0 bridgehead atoms. The lowest BCUT2D eigenvalue weighted by Gasteiger charge is -2.24. The molecule has 7 heteroatoms. The normalized spacial score (nSPS) is 18.3. The summed E-state index contributed by atoms with van der Waals surface area (Å²) in [6, 6.07) is 6.73. The summed E-state index contributed by atoms with van der Waals surface area (Å²) in [6.07, 6.45) is 1.06. The van der Waals surface area contributed by atoms with Crippen LogP contribution in [0.2, 0.25) is 0 Å². The first kappa shape index (κ1) is 16.2. The summed E-state index contributed by atoms with van der Waals surface area (Å²) in [5.74, 6) is 1.24. The van der Waals surface area contributed by atoms with Crippen molar-refractivity contribution in [3.8, 4) is 0 Å². The van der Waals surface area contributed by atoms with E-state index in [1.54, 1.807) is 25.2 Å². The van der Waals surface area contributed by atoms with Gasteiger partial charge in [0, 0.05) is 51.3 Å². The molecule has 0 spiro atoms. The van der Waals surface area contributed by atoms with E-state index in [2.05, 4.69) is 10.3 Å². The lowest BCUT2D eigenvalue weighted by molar-refractivity contribution is -0.385. The van der Waals surface area contributed by atoms with Crippen molar-refractivity contribution in [3.63, 3.8) is 0 Å². The zero-order valence-electron chi connectivity index (χ0n) is 13.0. The fourth-order valence-corrected chi connectivity index (χ4v) is 2.60. The Hall–Kier alpha value is -2.15. The molecule has 120 valence electrons. The molecule has 1 aromatic rings. The number of aliphatic imine (C=N–C) groups is 1. The van der Waals surface area contributed by atoms with Crippen LogP contribution in [0, 0.1) is 16.0 Å². The fourth-order valence-electron chi connectivity index (χ4n) is 2.60. The number of rotatable bonds is 5. The largest absolute Gasteiger partial charge is 0.381 e. The van der Waals surface area contributed by atoms with E-state index in [4.69, 9.17) is 4.74 Å². The van der Waals surface area contributed by atoms with Gasteiger partial charge < -0.3 is 15.0 Å². The Morgan fingerprint density at radius 1 is 1.55 bits per heavy atom. The van der Waals surface area contributed by atoms with Gasteiger partial charge in [-0.2, -0.15) is 0 Å². The molecule has 2 rings (SSSR count). The second kappa shape index (κ2) is 7.74. The van der Waals surface area contributed by atoms with Crippen LogP contribution < -0.4 is 5.32 Å². The maximum atomic E-state index is 11.0. The highest BCUT2D eigenvalue weighted by Gasteiger charge is 2.19. The lowest BCUT2D eigenvalue weighted by atomic mass is 10.1. The molecule has 1 aromatic carbocycles. The minimum atomic E-state index is -0.362. The molecule has 1 N–H and O–H groups in total. The Bertz CT molecular complexity index is 541. The first-order valence-electron chi connectivity index (χ1n) is 7.33. The van der Waals surface area contributed by atoms with E-state index >= 15 is 0 Å². The smallest absolute Gasteiger partial charge is 0.274 e. The number of para-hydroxylation sites is 1. The third-order valence-corrected chi connectivity index (χ3v) is 3.75. The quantitative estimate of drug-likeness (QED) is 0.387. The monoisotopic (exact) mass is 306 g/mol. The summed E-state index contributed by atoms with van der Waals surface area (Å²) in [5, 5.41) is 14.2. The molecular formula is C15H22N4O3. The van der Waals surface area contributed by atoms with E-state index in [1.807, 2.05) is 11.9 Å². The van der Waals surface area contributed by atoms with Gasteiger partial charge in [0.05, 0.1) is 11.5 Å². The zero-order chi connectivity index (χ0) is 15.9. The topological polar surface area (TPSA) is 80.0 Å². The van der Waals surface area contributed by atoms with Crippen molar-refractivity contribution in [3.05, 3.63) is 39.9 Å². The number of nitro groups is 1. The summed E-state index contributed by atoms with van der Waals surface area (Å²) >= 11 is 0. The van der Waals surface area contributed by atoms with Crippen molar-refractivity contribution in [1.82, 2.24) is 10.2 Å². The van der Waals surface area contributed by atoms with Gasteiger partial charge in [0.1, 0.15) is 0 Å². The van der Waals surface area contributed by atoms with E-state index in [1.165, 1.54) is 6.07 Å². The predicted molar refractivity (Wildman–Crippen MR) is 84.9 cm³/mol. The van der Waals surface area contributed by atoms with Crippen LogP contribution in [0.4, 0.5) is 5.69 Å². The van der Waals surface area contributed by atoms with Crippen LogP contribution in [-0.4, -0.2) is 49.6 Å². The number of benzene rings is 1. The molecule has 0 amide bonds. The van der Waals surface area contributed by atoms with Crippen LogP contribution in [0.25, 0.3) is 0 Å². The van der Waals surface area contributed by atoms with Crippen molar-refractivity contribution in [2.45, 2.75) is 13.0 Å². The van der Waals surface area contributed by atoms with Gasteiger partial charge >= 0.3 is 0 Å². The van der Waals surface area contributed by atoms with Crippen LogP contribution in [-0.2, 0) is 11.3 Å². The summed E-state index contributed by atoms with van der Waals surface area (Å²) in [4.78, 5) is 16.9. The Balaban J connectivity index is 1.95. The van der Waals surface area contributed by atoms with E-state index < -0.39 is 0 Å². The second-order valence-electron chi connectivity index (χ2n) is 5.40. The zero-order valence-corrected chi connectivity index (χ0v) is 13.0. The van der Waals surface area contributed by atoms with Gasteiger partial charge in [-0.05, 0) is 6.42 Å². The molecule has 1 saturated heterocycles. The van der Waals surface area contributed by atoms with Crippen LogP contribution in [0.3, 0.4) is 0 Å². The average Bonchev–Trinajstić information content (AvgIpc) is 3.01. The summed E-state index contributed by atoms with van der Waals surface area (Å²) in [6.45, 7) is 2.83. The molecule has 0 aliphatic carbocycles. The maximum absolute atomic E-state index is 11.0. The van der Waals surface area contributed by atoms with Crippen molar-refractivity contribution in [2.75, 3.05) is 33.9 Å². The molecule has 22 heavy (non-hydrogen) atoms. The van der Waals surface area contributed by atoms with Crippen molar-refractivity contribution >= 4 is 11.6 Å². The highest BCUT2D eigenvalue weighted by Crippen LogP contribution is 2.17. The lowest BCUT2D eigenvalue weighted by Crippen LogP contribution is -2.41. The maximum Gasteiger partial charge on any atom is 0.274 e. The fraction of sp³-hybridized carbons (Fsp3) is 0.533. The molecule has 0 radical (unpaired) electrons. The van der Waals surface area contributed by atoms with Crippen molar-refractivity contribution < 1.29 is 9.66 Å². The number of nitro benzene ring substituents is 1. The molecule has 7 nitrogen and oxygen atoms in total. The molecule has 1 aliphatic heterocycles. The van der Waals surface area contributed by atoms with Crippen LogP contribution >= 0.6 is 0 Å². The molecule has 1 heterocycles. The molecule has 0 aromatic heterocycles. The van der Waals surface area contributed by atoms with Crippen molar-refractivity contribution in [1.29, 1.82) is 0 Å². The summed E-state index contributed by atoms with van der Waals surface area (Å²) < 4.78 is 5.38. The SMILES string of the molecule is CN=C(NCc1ccccc1[N+](=O)[O-])N(C)CC1CCOC1. The molecule has 1 aliphatic rings. The third kappa shape index (κ3) is 4.17. The minimum absolute atomic E-state index is 0.122. The van der Waals surface area contributed by atoms with Crippen molar-refractivity contribution in [2.24, 2.45) is 10.9 Å². The van der Waals surface area contributed by atoms with E-state index in [0.29, 0.717) is 18.0 Å². The van der Waals surface area contributed by atoms with Crippen LogP contribution in [0.1, 0.15) is 12.0 Å². The number of nitrogens with zero attached hydrogens (tertiary/aromatic N) is 3. The first-order valence-corrected chi connectivity index (χ1v) is 7.33. The van der Waals surface area contributed by atoms with E-state index in [-0.39, 0.29) is 10.6 Å². The molecule has 0 saturated carbocycles. The first-order chi connectivity index (χ1) is 10.6. The number of hydrogen-bond donors (Lipinski definition) is 1. The van der Waals surface area contributed by atoms with E-state index in [9.17, 15) is 10.1 Å². The predicted octanol–water partition coefficient (Wildman–Crippen LogP) is 1.64. The second-order valence-corrected chi connectivity index (χ2v) is 5.40. The number of guanidine groups is 1. The Morgan fingerprint density at radius 2 is 2.32 bits per heavy atom. The highest BCUT2D eigenvalue weighted by molar-refractivity contribution is 5.79. The third-order valence-electron chi connectivity index (χ3n) is 3.75. The van der Waals surface area contributed by atoms with Gasteiger partial charge in [-0.1, -0.05) is 18.2 Å². The van der Waals surface area contributed by atoms with Gasteiger partial charge in [0.2, 0.25) is 0 Å². The summed E-state index contributed by atoms with van der Waals surface area (Å²) in [5.41, 5.74) is 0.767. The highest BCUT2D eigenvalue weighted by atomic mass is 16.6. The van der Waals surface area contributed by atoms with Gasteiger partial charge in [-0.15, -0.1) is 0 Å². The Labute approximate surface area is 130 Å². The number of nitrogens with one attached hydrogen (secondary N) is 1. The van der Waals surface area contributed by atoms with Gasteiger partial charge in [0.15, 0.2) is 5.96 Å². The standard InChI is InChI=1S/C15H22N4O3/c1-16-15(18(2)10-12-7-8-22-11-12)17-9-13-5-3-4-6-14(13)19(20)21/h3-6,12H,7-11H2,1-2H3,(H,16,17). The minimum Gasteiger partial charge on any atom is -0.381 e. The van der Waals surface area contributed by atoms with Crippen LogP contribution in [0.5, 0.6) is 0 Å². The number of ether oxygens (including phenoxy) is 1. The van der Waals surface area contributed by atoms with Crippen LogP contribution in [0.15, 0.2) is 29.3 Å². The molecule has 1 atom stereocenters. The summed E-state index contributed by atoms with van der Waals surface area (Å²) in [7, 11) is 3.68. The Morgan fingerprint density at radius 3 is 2.95 bits per heavy atom. The van der Waals surface area contributed by atoms with Gasteiger partial charge in [-0.3, -0.25) is 15.1 Å². The Kier molecular flexibility index (Phi) is 5.71. The molecule has 1 unspecified atom stereocenters. The average molecular weight is 306 g/mol. The van der Waals surface area contributed by atoms with Gasteiger partial charge in [0.25, 0.3) is 5.69 Å². The number of hydrogen-bond acceptors (Lipinski definition) is 4. The molecular weight excluding hydrogens is 284 g/mol. The van der Waals surface area contributed by atoms with E-state index in [0.717, 1.165) is 32.1 Å². The van der Waals surface area contributed by atoms with Gasteiger partial charge in [-0.25, -0.2) is 0 Å².